The number of benzene rings is 4. The van der Waals surface area contributed by atoms with Crippen molar-refractivity contribution in [2.75, 3.05) is 13.1 Å². The minimum Gasteiger partial charge on any atom is -0.349 e. The molecule has 1 atom stereocenters. The summed E-state index contributed by atoms with van der Waals surface area (Å²) in [4.78, 5) is 13.2. The highest BCUT2D eigenvalue weighted by atomic mass is 32.2. The molecular weight excluding hydrogens is 444 g/mol. The number of hydrogen-bond acceptors (Lipinski definition) is 3. The number of nitrogens with one attached hydrogen (secondary N) is 1. The van der Waals surface area contributed by atoms with Gasteiger partial charge in [0, 0.05) is 19.0 Å². The van der Waals surface area contributed by atoms with Crippen LogP contribution in [0.3, 0.4) is 0 Å². The summed E-state index contributed by atoms with van der Waals surface area (Å²) in [5.74, 6) is -0.200. The van der Waals surface area contributed by atoms with Gasteiger partial charge in [-0.3, -0.25) is 4.79 Å². The van der Waals surface area contributed by atoms with Crippen LogP contribution in [-0.4, -0.2) is 31.7 Å². The van der Waals surface area contributed by atoms with Crippen LogP contribution in [0.1, 0.15) is 31.4 Å². The van der Waals surface area contributed by atoms with E-state index >= 15 is 0 Å². The van der Waals surface area contributed by atoms with Crippen LogP contribution >= 0.6 is 0 Å². The molecule has 0 saturated carbocycles. The molecule has 0 bridgehead atoms. The van der Waals surface area contributed by atoms with Crippen LogP contribution in [0.5, 0.6) is 0 Å². The molecule has 1 fully saturated rings. The van der Waals surface area contributed by atoms with E-state index in [0.717, 1.165) is 21.7 Å². The molecule has 34 heavy (non-hydrogen) atoms. The zero-order valence-electron chi connectivity index (χ0n) is 19.1. The van der Waals surface area contributed by atoms with E-state index in [-0.39, 0.29) is 17.9 Å². The Labute approximate surface area is 200 Å². The molecule has 174 valence electrons. The lowest BCUT2D eigenvalue weighted by Crippen LogP contribution is -2.43. The third kappa shape index (κ3) is 4.43. The summed E-state index contributed by atoms with van der Waals surface area (Å²) in [6, 6.07) is 27.2. The Balaban J connectivity index is 1.22. The van der Waals surface area contributed by atoms with Crippen molar-refractivity contribution in [3.8, 4) is 0 Å². The zero-order chi connectivity index (χ0) is 23.7. The van der Waals surface area contributed by atoms with Crippen LogP contribution in [0, 0.1) is 5.92 Å². The van der Waals surface area contributed by atoms with Gasteiger partial charge in [-0.15, -0.1) is 0 Å². The number of piperidine rings is 1. The van der Waals surface area contributed by atoms with Gasteiger partial charge in [-0.2, -0.15) is 4.31 Å². The van der Waals surface area contributed by atoms with Crippen LogP contribution in [0.25, 0.3) is 21.5 Å². The summed E-state index contributed by atoms with van der Waals surface area (Å²) in [5, 5.41) is 7.36. The second-order valence-corrected chi connectivity index (χ2v) is 11.0. The Hall–Kier alpha value is -3.22. The van der Waals surface area contributed by atoms with Gasteiger partial charge < -0.3 is 5.32 Å². The molecule has 0 spiro atoms. The predicted octanol–water partition coefficient (Wildman–Crippen LogP) is 5.27. The molecule has 1 N–H and O–H groups in total. The van der Waals surface area contributed by atoms with Gasteiger partial charge in [0.05, 0.1) is 10.9 Å². The van der Waals surface area contributed by atoms with Gasteiger partial charge in [0.1, 0.15) is 0 Å². The number of rotatable bonds is 5. The maximum Gasteiger partial charge on any atom is 0.243 e. The second kappa shape index (κ2) is 9.20. The standard InChI is InChI=1S/C28H28N2O3S/c1-20(24-11-10-21-6-2-4-8-25(21)18-24)29-28(31)23-14-16-30(17-15-23)34(32,33)27-13-12-22-7-3-5-9-26(22)19-27/h2-13,18-20,23H,14-17H2,1H3,(H,29,31)/t20-/m1/s1. The second-order valence-electron chi connectivity index (χ2n) is 9.02. The molecule has 1 aliphatic heterocycles. The highest BCUT2D eigenvalue weighted by molar-refractivity contribution is 7.89. The first-order valence-corrected chi connectivity index (χ1v) is 13.1. The van der Waals surface area contributed by atoms with Crippen molar-refractivity contribution in [2.45, 2.75) is 30.7 Å². The molecule has 4 aromatic carbocycles. The molecule has 5 rings (SSSR count). The van der Waals surface area contributed by atoms with Crippen LogP contribution in [0.15, 0.2) is 89.8 Å². The van der Waals surface area contributed by atoms with Gasteiger partial charge in [0.25, 0.3) is 0 Å². The largest absolute Gasteiger partial charge is 0.349 e. The summed E-state index contributed by atoms with van der Waals surface area (Å²) in [5.41, 5.74) is 1.06. The third-order valence-electron chi connectivity index (χ3n) is 6.82. The molecule has 4 aromatic rings. The highest BCUT2D eigenvalue weighted by Gasteiger charge is 2.32. The van der Waals surface area contributed by atoms with Crippen molar-refractivity contribution < 1.29 is 13.2 Å². The maximum absolute atomic E-state index is 13.2. The van der Waals surface area contributed by atoms with Crippen molar-refractivity contribution in [3.05, 3.63) is 90.5 Å². The Morgan fingerprint density at radius 2 is 1.38 bits per heavy atom. The molecule has 1 amide bonds. The number of carbonyl (C=O) groups excluding carboxylic acids is 1. The number of sulfonamides is 1. The van der Waals surface area contributed by atoms with E-state index in [4.69, 9.17) is 0 Å². The minimum absolute atomic E-state index is 0.0107. The fraction of sp³-hybridized carbons (Fsp3) is 0.250. The number of carbonyl (C=O) groups is 1. The SMILES string of the molecule is C[C@@H](NC(=O)C1CCN(S(=O)(=O)c2ccc3ccccc3c2)CC1)c1ccc2ccccc2c1. The molecular formula is C28H28N2O3S. The predicted molar refractivity (Wildman–Crippen MR) is 136 cm³/mol. The smallest absolute Gasteiger partial charge is 0.243 e. The van der Waals surface area contributed by atoms with Crippen LogP contribution in [0.2, 0.25) is 0 Å². The Morgan fingerprint density at radius 3 is 2.03 bits per heavy atom. The number of hydrogen-bond donors (Lipinski definition) is 1. The van der Waals surface area contributed by atoms with E-state index < -0.39 is 10.0 Å². The normalized spacial score (nSPS) is 16.5. The lowest BCUT2D eigenvalue weighted by atomic mass is 9.96. The minimum atomic E-state index is -3.59. The van der Waals surface area contributed by atoms with Crippen molar-refractivity contribution in [1.29, 1.82) is 0 Å². The van der Waals surface area contributed by atoms with Crippen molar-refractivity contribution in [3.63, 3.8) is 0 Å². The average molecular weight is 473 g/mol. The zero-order valence-corrected chi connectivity index (χ0v) is 20.0. The molecule has 0 radical (unpaired) electrons. The molecule has 0 unspecified atom stereocenters. The molecule has 0 aromatic heterocycles. The van der Waals surface area contributed by atoms with Gasteiger partial charge in [-0.05, 0) is 65.1 Å². The summed E-state index contributed by atoms with van der Waals surface area (Å²) in [7, 11) is -3.59. The monoisotopic (exact) mass is 472 g/mol. The van der Waals surface area contributed by atoms with Crippen molar-refractivity contribution >= 4 is 37.5 Å². The first kappa shape index (κ1) is 22.6. The third-order valence-corrected chi connectivity index (χ3v) is 8.71. The van der Waals surface area contributed by atoms with E-state index in [0.29, 0.717) is 30.8 Å². The first-order valence-electron chi connectivity index (χ1n) is 11.7. The van der Waals surface area contributed by atoms with E-state index in [1.165, 1.54) is 9.69 Å². The molecule has 1 saturated heterocycles. The number of amides is 1. The van der Waals surface area contributed by atoms with Crippen LogP contribution in [-0.2, 0) is 14.8 Å². The van der Waals surface area contributed by atoms with Gasteiger partial charge in [-0.1, -0.05) is 66.7 Å². The highest BCUT2D eigenvalue weighted by Crippen LogP contribution is 2.27. The molecule has 0 aliphatic carbocycles. The maximum atomic E-state index is 13.2. The van der Waals surface area contributed by atoms with E-state index in [1.54, 1.807) is 12.1 Å². The summed E-state index contributed by atoms with van der Waals surface area (Å²) < 4.78 is 27.9. The molecule has 1 heterocycles. The summed E-state index contributed by atoms with van der Waals surface area (Å²) >= 11 is 0. The van der Waals surface area contributed by atoms with E-state index in [2.05, 4.69) is 29.6 Å². The number of fused-ring (bicyclic) bond motifs is 2. The molecule has 6 heteroatoms. The average Bonchev–Trinajstić information content (AvgIpc) is 2.88. The van der Waals surface area contributed by atoms with Gasteiger partial charge in [0.2, 0.25) is 15.9 Å². The summed E-state index contributed by atoms with van der Waals surface area (Å²) in [6.45, 7) is 2.68. The van der Waals surface area contributed by atoms with Crippen molar-refractivity contribution in [1.82, 2.24) is 9.62 Å². The molecule has 1 aliphatic rings. The quantitative estimate of drug-likeness (QED) is 0.430. The Bertz CT molecular complexity index is 1460. The van der Waals surface area contributed by atoms with Crippen LogP contribution < -0.4 is 5.32 Å². The fourth-order valence-corrected chi connectivity index (χ4v) is 6.23. The number of nitrogens with zero attached hydrogens (tertiary/aromatic N) is 1. The topological polar surface area (TPSA) is 66.5 Å². The van der Waals surface area contributed by atoms with Gasteiger partial charge in [0.15, 0.2) is 0 Å². The van der Waals surface area contributed by atoms with E-state index in [9.17, 15) is 13.2 Å². The fourth-order valence-electron chi connectivity index (χ4n) is 4.73. The molecule has 5 nitrogen and oxygen atoms in total. The van der Waals surface area contributed by atoms with Crippen LogP contribution in [0.4, 0.5) is 0 Å². The summed E-state index contributed by atoms with van der Waals surface area (Å²) in [6.07, 6.45) is 1.03. The first-order chi connectivity index (χ1) is 16.4. The lowest BCUT2D eigenvalue weighted by Gasteiger charge is -2.31. The Morgan fingerprint density at radius 1 is 0.824 bits per heavy atom. The van der Waals surface area contributed by atoms with E-state index in [1.807, 2.05) is 55.5 Å². The lowest BCUT2D eigenvalue weighted by molar-refractivity contribution is -0.126. The van der Waals surface area contributed by atoms with Crippen molar-refractivity contribution in [2.24, 2.45) is 5.92 Å². The van der Waals surface area contributed by atoms with Gasteiger partial charge >= 0.3 is 0 Å². The Kier molecular flexibility index (Phi) is 6.11. The van der Waals surface area contributed by atoms with Gasteiger partial charge in [-0.25, -0.2) is 8.42 Å².